The van der Waals surface area contributed by atoms with E-state index in [2.05, 4.69) is 22.2 Å². The number of hydrogen-bond acceptors (Lipinski definition) is 6. The van der Waals surface area contributed by atoms with Crippen LogP contribution in [-0.2, 0) is 11.6 Å². The minimum Gasteiger partial charge on any atom is -0.496 e. The molecule has 1 fully saturated rings. The van der Waals surface area contributed by atoms with E-state index in [0.29, 0.717) is 28.3 Å². The van der Waals surface area contributed by atoms with Gasteiger partial charge < -0.3 is 15.8 Å². The van der Waals surface area contributed by atoms with Gasteiger partial charge in [0.15, 0.2) is 0 Å². The highest BCUT2D eigenvalue weighted by Gasteiger charge is 2.48. The van der Waals surface area contributed by atoms with Crippen LogP contribution in [0.1, 0.15) is 54.4 Å². The van der Waals surface area contributed by atoms with E-state index in [-0.39, 0.29) is 16.8 Å². The standard InChI is InChI=1S/C28H25F3N6O2/c1-15-5-7-27(13-17(15)14-27)26-36-22(23-24(32)34-9-10-37(23)26)19-4-3-16(11-20(19)39-2)25(38)35-21-12-18(6-8-33-21)28(29,30)31/h3-4,6,8-12H,5,7,13-14H2,1-2H3,(H2,32,34)(H,33,35,38). The Morgan fingerprint density at radius 1 is 1.15 bits per heavy atom. The summed E-state index contributed by atoms with van der Waals surface area (Å²) in [5.74, 6) is 0.771. The number of alkyl halides is 3. The fourth-order valence-corrected chi connectivity index (χ4v) is 5.63. The van der Waals surface area contributed by atoms with Crippen LogP contribution in [0.25, 0.3) is 16.8 Å². The second kappa shape index (κ2) is 8.82. The first-order valence-electron chi connectivity index (χ1n) is 12.4. The summed E-state index contributed by atoms with van der Waals surface area (Å²) >= 11 is 0. The Balaban J connectivity index is 1.37. The molecule has 3 heterocycles. The number of nitrogen functional groups attached to an aromatic ring is 1. The van der Waals surface area contributed by atoms with Crippen molar-refractivity contribution in [2.24, 2.45) is 0 Å². The minimum atomic E-state index is -4.55. The summed E-state index contributed by atoms with van der Waals surface area (Å²) in [6.45, 7) is 2.20. The van der Waals surface area contributed by atoms with Gasteiger partial charge in [0.05, 0.1) is 12.7 Å². The van der Waals surface area contributed by atoms with Crippen LogP contribution in [0, 0.1) is 0 Å². The average Bonchev–Trinajstić information content (AvgIpc) is 3.29. The molecule has 1 amide bonds. The number of nitrogens with two attached hydrogens (primary N) is 1. The molecule has 0 radical (unpaired) electrons. The van der Waals surface area contributed by atoms with Crippen molar-refractivity contribution in [3.05, 3.63) is 77.0 Å². The van der Waals surface area contributed by atoms with Crippen molar-refractivity contribution in [2.75, 3.05) is 18.2 Å². The fourth-order valence-electron chi connectivity index (χ4n) is 5.63. The molecule has 0 saturated heterocycles. The lowest BCUT2D eigenvalue weighted by molar-refractivity contribution is -0.137. The lowest BCUT2D eigenvalue weighted by Crippen LogP contribution is -2.41. The number of amides is 1. The lowest BCUT2D eigenvalue weighted by atomic mass is 9.57. The first kappa shape index (κ1) is 24.9. The molecule has 39 heavy (non-hydrogen) atoms. The number of imidazole rings is 1. The van der Waals surface area contributed by atoms with Crippen molar-refractivity contribution in [1.82, 2.24) is 19.4 Å². The number of hydrogen-bond donors (Lipinski definition) is 2. The molecule has 1 aromatic carbocycles. The van der Waals surface area contributed by atoms with Gasteiger partial charge >= 0.3 is 6.18 Å². The van der Waals surface area contributed by atoms with Crippen LogP contribution in [0.5, 0.6) is 5.75 Å². The number of allylic oxidation sites excluding steroid dienone is 2. The number of aromatic nitrogens is 4. The molecule has 200 valence electrons. The first-order valence-corrected chi connectivity index (χ1v) is 12.4. The molecule has 3 aliphatic rings. The highest BCUT2D eigenvalue weighted by molar-refractivity contribution is 6.04. The summed E-state index contributed by atoms with van der Waals surface area (Å²) in [4.78, 5) is 26.1. The summed E-state index contributed by atoms with van der Waals surface area (Å²) in [7, 11) is 1.47. The van der Waals surface area contributed by atoms with Crippen molar-refractivity contribution in [3.8, 4) is 17.0 Å². The Hall–Kier alpha value is -4.41. The lowest BCUT2D eigenvalue weighted by Gasteiger charge is -2.48. The molecule has 2 bridgehead atoms. The Bertz CT molecular complexity index is 1670. The Morgan fingerprint density at radius 3 is 2.64 bits per heavy atom. The Kier molecular flexibility index (Phi) is 5.63. The molecule has 3 aromatic heterocycles. The number of anilines is 2. The molecule has 3 N–H and O–H groups in total. The van der Waals surface area contributed by atoms with E-state index in [1.165, 1.54) is 24.3 Å². The van der Waals surface area contributed by atoms with Gasteiger partial charge in [-0.3, -0.25) is 9.20 Å². The zero-order valence-corrected chi connectivity index (χ0v) is 21.3. The predicted octanol–water partition coefficient (Wildman–Crippen LogP) is 5.80. The number of benzene rings is 1. The Labute approximate surface area is 221 Å². The van der Waals surface area contributed by atoms with Crippen molar-refractivity contribution in [2.45, 2.75) is 44.2 Å². The maximum Gasteiger partial charge on any atom is 0.416 e. The summed E-state index contributed by atoms with van der Waals surface area (Å²) in [6, 6.07) is 6.39. The van der Waals surface area contributed by atoms with Crippen molar-refractivity contribution >= 4 is 23.1 Å². The van der Waals surface area contributed by atoms with E-state index in [9.17, 15) is 18.0 Å². The first-order chi connectivity index (χ1) is 18.6. The van der Waals surface area contributed by atoms with Crippen molar-refractivity contribution < 1.29 is 22.7 Å². The van der Waals surface area contributed by atoms with Crippen LogP contribution in [-0.4, -0.2) is 32.4 Å². The highest BCUT2D eigenvalue weighted by Crippen LogP contribution is 2.56. The average molecular weight is 535 g/mol. The second-order valence-electron chi connectivity index (χ2n) is 10.1. The number of nitrogens with one attached hydrogen (secondary N) is 1. The largest absolute Gasteiger partial charge is 0.496 e. The summed E-state index contributed by atoms with van der Waals surface area (Å²) < 4.78 is 46.8. The van der Waals surface area contributed by atoms with Gasteiger partial charge in [-0.05, 0) is 62.9 Å². The fraction of sp³-hybridized carbons (Fsp3) is 0.286. The van der Waals surface area contributed by atoms with Crippen LogP contribution in [0.15, 0.2) is 60.1 Å². The Morgan fingerprint density at radius 2 is 1.95 bits per heavy atom. The van der Waals surface area contributed by atoms with Gasteiger partial charge in [-0.2, -0.15) is 13.2 Å². The van der Waals surface area contributed by atoms with E-state index in [1.807, 2.05) is 10.6 Å². The molecule has 1 saturated carbocycles. The monoisotopic (exact) mass is 534 g/mol. The summed E-state index contributed by atoms with van der Waals surface area (Å²) in [5, 5.41) is 2.42. The van der Waals surface area contributed by atoms with Crippen LogP contribution >= 0.6 is 0 Å². The number of carbonyl (C=O) groups is 1. The number of methoxy groups -OCH3 is 1. The number of carbonyl (C=O) groups excluding carboxylic acids is 1. The molecule has 3 aliphatic carbocycles. The van der Waals surface area contributed by atoms with Gasteiger partial charge in [0, 0.05) is 35.1 Å². The number of fused-ring (bicyclic) bond motifs is 3. The quantitative estimate of drug-likeness (QED) is 0.314. The molecule has 8 nitrogen and oxygen atoms in total. The van der Waals surface area contributed by atoms with E-state index < -0.39 is 17.6 Å². The van der Waals surface area contributed by atoms with E-state index >= 15 is 0 Å². The number of halogens is 3. The van der Waals surface area contributed by atoms with Gasteiger partial charge in [0.25, 0.3) is 5.91 Å². The second-order valence-corrected chi connectivity index (χ2v) is 10.1. The van der Waals surface area contributed by atoms with Crippen LogP contribution in [0.4, 0.5) is 24.8 Å². The van der Waals surface area contributed by atoms with Crippen LogP contribution in [0.3, 0.4) is 0 Å². The summed E-state index contributed by atoms with van der Waals surface area (Å²) in [5.41, 5.74) is 10.4. The van der Waals surface area contributed by atoms with E-state index in [0.717, 1.165) is 49.8 Å². The topological polar surface area (TPSA) is 107 Å². The molecule has 0 unspecified atom stereocenters. The molecule has 7 rings (SSSR count). The third kappa shape index (κ3) is 4.08. The van der Waals surface area contributed by atoms with Crippen molar-refractivity contribution in [3.63, 3.8) is 0 Å². The summed E-state index contributed by atoms with van der Waals surface area (Å²) in [6.07, 6.45) is 3.95. The zero-order valence-electron chi connectivity index (χ0n) is 21.3. The zero-order chi connectivity index (χ0) is 27.5. The molecule has 0 spiro atoms. The molecule has 0 aliphatic heterocycles. The normalized spacial score (nSPS) is 16.2. The third-order valence-corrected chi connectivity index (χ3v) is 7.79. The predicted molar refractivity (Wildman–Crippen MR) is 139 cm³/mol. The smallest absolute Gasteiger partial charge is 0.416 e. The number of nitrogens with zero attached hydrogens (tertiary/aromatic N) is 4. The number of pyridine rings is 1. The minimum absolute atomic E-state index is 0.0607. The molecular formula is C28H25F3N6O2. The van der Waals surface area contributed by atoms with E-state index in [1.54, 1.807) is 18.3 Å². The maximum absolute atomic E-state index is 13.1. The van der Waals surface area contributed by atoms with Gasteiger partial charge in [0.2, 0.25) is 0 Å². The number of rotatable bonds is 5. The van der Waals surface area contributed by atoms with E-state index in [4.69, 9.17) is 15.5 Å². The molecule has 0 atom stereocenters. The number of ether oxygens (including phenoxy) is 1. The van der Waals surface area contributed by atoms with Crippen LogP contribution < -0.4 is 15.8 Å². The van der Waals surface area contributed by atoms with Gasteiger partial charge in [-0.1, -0.05) is 11.1 Å². The third-order valence-electron chi connectivity index (χ3n) is 7.79. The van der Waals surface area contributed by atoms with Crippen molar-refractivity contribution in [1.29, 1.82) is 0 Å². The van der Waals surface area contributed by atoms with Gasteiger partial charge in [0.1, 0.15) is 34.4 Å². The van der Waals surface area contributed by atoms with Crippen LogP contribution in [0.2, 0.25) is 0 Å². The van der Waals surface area contributed by atoms with Gasteiger partial charge in [-0.25, -0.2) is 15.0 Å². The maximum atomic E-state index is 13.1. The SMILES string of the molecule is COc1cc(C(=O)Nc2cc(C(F)(F)F)ccn2)ccc1-c1nc(C23CCC(C)=C(C2)C3)n2ccnc(N)c12. The molecule has 11 heteroatoms. The molecule has 4 aromatic rings. The highest BCUT2D eigenvalue weighted by atomic mass is 19.4. The molecular weight excluding hydrogens is 509 g/mol. The van der Waals surface area contributed by atoms with Gasteiger partial charge in [-0.15, -0.1) is 0 Å².